The molecule has 1 aromatic rings. The highest BCUT2D eigenvalue weighted by Gasteiger charge is 2.45. The van der Waals surface area contributed by atoms with Gasteiger partial charge in [0.15, 0.2) is 0 Å². The summed E-state index contributed by atoms with van der Waals surface area (Å²) in [6.07, 6.45) is 1.49. The van der Waals surface area contributed by atoms with Crippen molar-refractivity contribution in [1.82, 2.24) is 0 Å². The Morgan fingerprint density at radius 2 is 1.70 bits per heavy atom. The van der Waals surface area contributed by atoms with Crippen LogP contribution in [0.5, 0.6) is 11.5 Å². The minimum atomic E-state index is -0.600. The Labute approximate surface area is 138 Å². The van der Waals surface area contributed by atoms with Crippen molar-refractivity contribution in [2.24, 2.45) is 10.8 Å². The number of aliphatic hydroxyl groups excluding tert-OH is 1. The number of rotatable bonds is 4. The van der Waals surface area contributed by atoms with Crippen LogP contribution in [0, 0.1) is 10.8 Å². The van der Waals surface area contributed by atoms with Crippen LogP contribution < -0.4 is 14.8 Å². The molecule has 2 unspecified atom stereocenters. The lowest BCUT2D eigenvalue weighted by Crippen LogP contribution is -2.45. The second kappa shape index (κ2) is 6.40. The summed E-state index contributed by atoms with van der Waals surface area (Å²) >= 11 is 0. The maximum atomic E-state index is 12.8. The zero-order chi connectivity index (χ0) is 17.3. The Morgan fingerprint density at radius 1 is 1.13 bits per heavy atom. The van der Waals surface area contributed by atoms with E-state index in [0.29, 0.717) is 23.6 Å². The number of amides is 1. The number of carbonyl (C=O) groups is 1. The lowest BCUT2D eigenvalue weighted by molar-refractivity contribution is -0.132. The van der Waals surface area contributed by atoms with Gasteiger partial charge < -0.3 is 19.9 Å². The van der Waals surface area contributed by atoms with Crippen LogP contribution in [0.15, 0.2) is 18.2 Å². The Balaban J connectivity index is 2.21. The normalized spacial score (nSPS) is 26.4. The fourth-order valence-corrected chi connectivity index (χ4v) is 3.77. The van der Waals surface area contributed by atoms with Crippen LogP contribution in [0.1, 0.15) is 40.0 Å². The lowest BCUT2D eigenvalue weighted by atomic mass is 9.63. The van der Waals surface area contributed by atoms with E-state index >= 15 is 0 Å². The summed E-state index contributed by atoms with van der Waals surface area (Å²) in [6, 6.07) is 5.27. The maximum Gasteiger partial charge on any atom is 0.230 e. The molecular weight excluding hydrogens is 294 g/mol. The Bertz CT molecular complexity index is 562. The van der Waals surface area contributed by atoms with Gasteiger partial charge in [0.05, 0.1) is 20.3 Å². The molecule has 1 fully saturated rings. The van der Waals surface area contributed by atoms with Gasteiger partial charge >= 0.3 is 0 Å². The van der Waals surface area contributed by atoms with Gasteiger partial charge in [-0.15, -0.1) is 0 Å². The molecule has 2 atom stereocenters. The van der Waals surface area contributed by atoms with Crippen molar-refractivity contribution in [3.8, 4) is 11.5 Å². The van der Waals surface area contributed by atoms with Crippen LogP contribution in [-0.4, -0.2) is 31.3 Å². The molecular formula is C18H27NO4. The molecule has 2 N–H and O–H groups in total. The van der Waals surface area contributed by atoms with Crippen molar-refractivity contribution < 1.29 is 19.4 Å². The molecule has 23 heavy (non-hydrogen) atoms. The second-order valence-electron chi connectivity index (χ2n) is 7.52. The highest BCUT2D eigenvalue weighted by Crippen LogP contribution is 2.46. The molecule has 0 radical (unpaired) electrons. The molecule has 5 heteroatoms. The average molecular weight is 321 g/mol. The van der Waals surface area contributed by atoms with E-state index in [-0.39, 0.29) is 11.3 Å². The van der Waals surface area contributed by atoms with Crippen molar-refractivity contribution in [2.45, 2.75) is 46.1 Å². The molecule has 2 rings (SSSR count). The van der Waals surface area contributed by atoms with E-state index in [2.05, 4.69) is 19.2 Å². The molecule has 5 nitrogen and oxygen atoms in total. The monoisotopic (exact) mass is 321 g/mol. The molecule has 0 spiro atoms. The number of ether oxygens (including phenoxy) is 2. The summed E-state index contributed by atoms with van der Waals surface area (Å²) in [5.41, 5.74) is -0.0295. The fourth-order valence-electron chi connectivity index (χ4n) is 3.77. The van der Waals surface area contributed by atoms with Crippen LogP contribution in [0.3, 0.4) is 0 Å². The molecule has 0 heterocycles. The minimum absolute atomic E-state index is 0.0597. The average Bonchev–Trinajstić information content (AvgIpc) is 2.44. The first kappa shape index (κ1) is 17.6. The number of carbonyl (C=O) groups excluding carboxylic acids is 1. The molecule has 128 valence electrons. The lowest BCUT2D eigenvalue weighted by Gasteiger charge is -2.44. The van der Waals surface area contributed by atoms with E-state index in [1.54, 1.807) is 32.4 Å². The van der Waals surface area contributed by atoms with Crippen molar-refractivity contribution in [2.75, 3.05) is 19.5 Å². The first-order chi connectivity index (χ1) is 10.7. The van der Waals surface area contributed by atoms with E-state index in [9.17, 15) is 9.90 Å². The smallest absolute Gasteiger partial charge is 0.230 e. The topological polar surface area (TPSA) is 67.8 Å². The minimum Gasteiger partial charge on any atom is -0.497 e. The van der Waals surface area contributed by atoms with E-state index in [1.807, 2.05) is 6.92 Å². The van der Waals surface area contributed by atoms with Crippen LogP contribution >= 0.6 is 0 Å². The third kappa shape index (κ3) is 4.16. The van der Waals surface area contributed by atoms with Gasteiger partial charge in [0.25, 0.3) is 0 Å². The van der Waals surface area contributed by atoms with Crippen LogP contribution in [0.25, 0.3) is 0 Å². The van der Waals surface area contributed by atoms with Gasteiger partial charge in [-0.3, -0.25) is 4.79 Å². The molecule has 1 amide bonds. The zero-order valence-electron chi connectivity index (χ0n) is 14.6. The predicted octanol–water partition coefficient (Wildman–Crippen LogP) is 3.22. The second-order valence-corrected chi connectivity index (χ2v) is 7.52. The van der Waals surface area contributed by atoms with E-state index in [4.69, 9.17) is 9.47 Å². The summed E-state index contributed by atoms with van der Waals surface area (Å²) < 4.78 is 10.5. The van der Waals surface area contributed by atoms with E-state index in [0.717, 1.165) is 12.8 Å². The fraction of sp³-hybridized carbons (Fsp3) is 0.611. The van der Waals surface area contributed by atoms with Gasteiger partial charge in [-0.2, -0.15) is 0 Å². The third-order valence-electron chi connectivity index (χ3n) is 4.50. The van der Waals surface area contributed by atoms with Crippen LogP contribution in [0.2, 0.25) is 0 Å². The van der Waals surface area contributed by atoms with Crippen molar-refractivity contribution in [1.29, 1.82) is 0 Å². The van der Waals surface area contributed by atoms with Gasteiger partial charge in [0, 0.05) is 29.3 Å². The number of anilines is 1. The molecule has 0 aromatic heterocycles. The van der Waals surface area contributed by atoms with Gasteiger partial charge in [-0.05, 0) is 24.7 Å². The molecule has 1 aliphatic rings. The highest BCUT2D eigenvalue weighted by molar-refractivity contribution is 5.95. The Hall–Kier alpha value is -1.75. The zero-order valence-corrected chi connectivity index (χ0v) is 14.6. The SMILES string of the molecule is COc1cc(NC(=O)C2(C)CC(O)CC(C)(C)C2)cc(OC)c1. The largest absolute Gasteiger partial charge is 0.497 e. The number of aliphatic hydroxyl groups is 1. The van der Waals surface area contributed by atoms with Crippen LogP contribution in [-0.2, 0) is 4.79 Å². The van der Waals surface area contributed by atoms with Gasteiger partial charge in [-0.25, -0.2) is 0 Å². The summed E-state index contributed by atoms with van der Waals surface area (Å²) in [5.74, 6) is 1.15. The summed E-state index contributed by atoms with van der Waals surface area (Å²) in [4.78, 5) is 12.8. The molecule has 1 saturated carbocycles. The Morgan fingerprint density at radius 3 is 2.17 bits per heavy atom. The quantitative estimate of drug-likeness (QED) is 0.893. The predicted molar refractivity (Wildman–Crippen MR) is 89.9 cm³/mol. The number of benzene rings is 1. The molecule has 0 saturated heterocycles. The number of hydrogen-bond acceptors (Lipinski definition) is 4. The van der Waals surface area contributed by atoms with E-state index in [1.165, 1.54) is 0 Å². The maximum absolute atomic E-state index is 12.8. The number of hydrogen-bond donors (Lipinski definition) is 2. The van der Waals surface area contributed by atoms with Crippen molar-refractivity contribution in [3.63, 3.8) is 0 Å². The molecule has 0 aliphatic heterocycles. The van der Waals surface area contributed by atoms with Gasteiger partial charge in [0.1, 0.15) is 11.5 Å². The van der Waals surface area contributed by atoms with Gasteiger partial charge in [0.2, 0.25) is 5.91 Å². The summed E-state index contributed by atoms with van der Waals surface area (Å²) in [6.45, 7) is 6.11. The number of methoxy groups -OCH3 is 2. The number of nitrogens with one attached hydrogen (secondary N) is 1. The Kier molecular flexibility index (Phi) is 4.90. The summed E-state index contributed by atoms with van der Waals surface area (Å²) in [5, 5.41) is 13.1. The van der Waals surface area contributed by atoms with Crippen molar-refractivity contribution in [3.05, 3.63) is 18.2 Å². The first-order valence-corrected chi connectivity index (χ1v) is 7.90. The van der Waals surface area contributed by atoms with E-state index < -0.39 is 11.5 Å². The molecule has 1 aromatic carbocycles. The standard InChI is InChI=1S/C18H27NO4/c1-17(2)9-13(20)10-18(3,11-17)16(21)19-12-6-14(22-4)8-15(7-12)23-5/h6-8,13,20H,9-11H2,1-5H3,(H,19,21). The first-order valence-electron chi connectivity index (χ1n) is 7.90. The third-order valence-corrected chi connectivity index (χ3v) is 4.50. The highest BCUT2D eigenvalue weighted by atomic mass is 16.5. The molecule has 1 aliphatic carbocycles. The van der Waals surface area contributed by atoms with Crippen molar-refractivity contribution >= 4 is 11.6 Å². The van der Waals surface area contributed by atoms with Gasteiger partial charge in [-0.1, -0.05) is 20.8 Å². The molecule has 0 bridgehead atoms. The summed E-state index contributed by atoms with van der Waals surface area (Å²) in [7, 11) is 3.14. The van der Waals surface area contributed by atoms with Crippen LogP contribution in [0.4, 0.5) is 5.69 Å².